The van der Waals surface area contributed by atoms with Gasteiger partial charge in [0.25, 0.3) is 0 Å². The van der Waals surface area contributed by atoms with Gasteiger partial charge in [-0.1, -0.05) is 13.8 Å². The van der Waals surface area contributed by atoms with E-state index in [1.54, 1.807) is 0 Å². The van der Waals surface area contributed by atoms with Crippen LogP contribution in [-0.4, -0.2) is 46.5 Å². The highest BCUT2D eigenvalue weighted by Crippen LogP contribution is 2.66. The van der Waals surface area contributed by atoms with Gasteiger partial charge in [0.05, 0.1) is 12.2 Å². The molecule has 26 heavy (non-hydrogen) atoms. The predicted octanol–water partition coefficient (Wildman–Crippen LogP) is 3.83. The summed E-state index contributed by atoms with van der Waals surface area (Å²) in [5.41, 5.74) is 0.594. The molecule has 0 bridgehead atoms. The molecular formula is C23H39NO2. The molecule has 3 heteroatoms. The maximum atomic E-state index is 10.9. The van der Waals surface area contributed by atoms with E-state index in [1.165, 1.54) is 64.5 Å². The molecule has 0 unspecified atom stereocenters. The lowest BCUT2D eigenvalue weighted by molar-refractivity contribution is -0.151. The molecule has 4 aliphatic carbocycles. The van der Waals surface area contributed by atoms with E-state index in [0.717, 1.165) is 30.6 Å². The molecule has 0 spiro atoms. The van der Waals surface area contributed by atoms with Crippen molar-refractivity contribution in [1.82, 2.24) is 4.90 Å². The number of fused-ring (bicyclic) bond motifs is 5. The third-order valence-corrected chi connectivity index (χ3v) is 10.2. The first kappa shape index (κ1) is 17.9. The van der Waals surface area contributed by atoms with Gasteiger partial charge in [-0.2, -0.15) is 0 Å². The molecule has 0 amide bonds. The molecule has 148 valence electrons. The molecule has 0 aromatic heterocycles. The van der Waals surface area contributed by atoms with E-state index in [9.17, 15) is 10.2 Å². The Morgan fingerprint density at radius 1 is 0.846 bits per heavy atom. The second-order valence-electron chi connectivity index (χ2n) is 11.1. The van der Waals surface area contributed by atoms with Crippen LogP contribution in [0, 0.1) is 34.5 Å². The highest BCUT2D eigenvalue weighted by atomic mass is 16.3. The maximum Gasteiger partial charge on any atom is 0.0698 e. The van der Waals surface area contributed by atoms with Crippen molar-refractivity contribution < 1.29 is 10.2 Å². The van der Waals surface area contributed by atoms with Gasteiger partial charge in [-0.25, -0.2) is 0 Å². The van der Waals surface area contributed by atoms with Crippen molar-refractivity contribution in [1.29, 1.82) is 0 Å². The molecule has 0 radical (unpaired) electrons. The molecular weight excluding hydrogens is 322 g/mol. The van der Waals surface area contributed by atoms with E-state index in [-0.39, 0.29) is 17.6 Å². The number of likely N-dealkylation sites (tertiary alicyclic amines) is 1. The fourth-order valence-electron chi connectivity index (χ4n) is 8.69. The van der Waals surface area contributed by atoms with E-state index in [2.05, 4.69) is 18.7 Å². The van der Waals surface area contributed by atoms with Gasteiger partial charge in [-0.05, 0) is 112 Å². The fourth-order valence-corrected chi connectivity index (χ4v) is 8.69. The number of aliphatic hydroxyl groups excluding tert-OH is 2. The first-order valence-corrected chi connectivity index (χ1v) is 11.5. The second kappa shape index (κ2) is 6.19. The number of nitrogens with zero attached hydrogens (tertiary/aromatic N) is 1. The number of hydrogen-bond acceptors (Lipinski definition) is 3. The van der Waals surface area contributed by atoms with Gasteiger partial charge in [-0.15, -0.1) is 0 Å². The van der Waals surface area contributed by atoms with Gasteiger partial charge in [-0.3, -0.25) is 4.90 Å². The van der Waals surface area contributed by atoms with Crippen LogP contribution in [0.25, 0.3) is 0 Å². The minimum Gasteiger partial charge on any atom is -0.393 e. The molecule has 2 N–H and O–H groups in total. The monoisotopic (exact) mass is 361 g/mol. The van der Waals surface area contributed by atoms with Gasteiger partial charge in [0.1, 0.15) is 0 Å². The van der Waals surface area contributed by atoms with E-state index in [4.69, 9.17) is 0 Å². The first-order chi connectivity index (χ1) is 12.4. The lowest BCUT2D eigenvalue weighted by atomic mass is 9.44. The van der Waals surface area contributed by atoms with Crippen LogP contribution in [0.1, 0.15) is 78.1 Å². The highest BCUT2D eigenvalue weighted by molar-refractivity contribution is 5.11. The zero-order valence-corrected chi connectivity index (χ0v) is 16.9. The zero-order valence-electron chi connectivity index (χ0n) is 16.9. The van der Waals surface area contributed by atoms with E-state index in [1.807, 2.05) is 0 Å². The van der Waals surface area contributed by atoms with Crippen LogP contribution in [-0.2, 0) is 0 Å². The minimum absolute atomic E-state index is 0.0653. The summed E-state index contributed by atoms with van der Waals surface area (Å²) in [6.07, 6.45) is 12.2. The standard InChI is InChI=1S/C23H39NO2/c1-22-10-9-18-16(17(22)7-8-21(22)26)6-5-15-13-20(25)19(14-23(15,18)2)24-11-3-4-12-24/h15-21,25-26H,3-14H2,1-2H3/t15-,16-,17-,18-,19-,20-,21-,22-,23-/m0/s1. The predicted molar refractivity (Wildman–Crippen MR) is 104 cm³/mol. The van der Waals surface area contributed by atoms with Crippen molar-refractivity contribution in [3.63, 3.8) is 0 Å². The Labute approximate surface area is 159 Å². The van der Waals surface area contributed by atoms with Crippen molar-refractivity contribution in [3.05, 3.63) is 0 Å². The third-order valence-electron chi connectivity index (χ3n) is 10.2. The first-order valence-electron chi connectivity index (χ1n) is 11.5. The molecule has 1 heterocycles. The molecule has 0 aromatic carbocycles. The molecule has 5 aliphatic rings. The molecule has 5 rings (SSSR count). The molecule has 4 saturated carbocycles. The lowest BCUT2D eigenvalue weighted by Gasteiger charge is -2.62. The van der Waals surface area contributed by atoms with Crippen LogP contribution in [0.5, 0.6) is 0 Å². The Kier molecular flexibility index (Phi) is 4.27. The Bertz CT molecular complexity index is 546. The summed E-state index contributed by atoms with van der Waals surface area (Å²) >= 11 is 0. The third kappa shape index (κ3) is 2.42. The Balaban J connectivity index is 1.42. The van der Waals surface area contributed by atoms with E-state index in [0.29, 0.717) is 17.4 Å². The normalized spacial score (nSPS) is 57.5. The molecule has 3 nitrogen and oxygen atoms in total. The summed E-state index contributed by atoms with van der Waals surface area (Å²) in [4.78, 5) is 2.61. The van der Waals surface area contributed by atoms with Crippen molar-refractivity contribution in [2.75, 3.05) is 13.1 Å². The van der Waals surface area contributed by atoms with Crippen LogP contribution in [0.3, 0.4) is 0 Å². The van der Waals surface area contributed by atoms with Crippen LogP contribution in [0.2, 0.25) is 0 Å². The maximum absolute atomic E-state index is 10.9. The average Bonchev–Trinajstić information content (AvgIpc) is 3.24. The van der Waals surface area contributed by atoms with Crippen molar-refractivity contribution in [2.45, 2.75) is 96.3 Å². The summed E-state index contributed by atoms with van der Waals surface area (Å²) in [5, 5.41) is 21.6. The van der Waals surface area contributed by atoms with Gasteiger partial charge in [0.15, 0.2) is 0 Å². The summed E-state index contributed by atoms with van der Waals surface area (Å²) in [5.74, 6) is 3.10. The smallest absolute Gasteiger partial charge is 0.0698 e. The largest absolute Gasteiger partial charge is 0.393 e. The number of rotatable bonds is 1. The van der Waals surface area contributed by atoms with Crippen molar-refractivity contribution in [3.8, 4) is 0 Å². The lowest BCUT2D eigenvalue weighted by Crippen LogP contribution is -2.59. The van der Waals surface area contributed by atoms with Crippen molar-refractivity contribution in [2.24, 2.45) is 34.5 Å². The number of hydrogen-bond donors (Lipinski definition) is 2. The van der Waals surface area contributed by atoms with Crippen LogP contribution in [0.15, 0.2) is 0 Å². The second-order valence-corrected chi connectivity index (χ2v) is 11.1. The van der Waals surface area contributed by atoms with Crippen LogP contribution < -0.4 is 0 Å². The molecule has 0 aromatic rings. The van der Waals surface area contributed by atoms with Gasteiger partial charge in [0, 0.05) is 6.04 Å². The number of aliphatic hydroxyl groups is 2. The molecule has 5 fully saturated rings. The van der Waals surface area contributed by atoms with Crippen LogP contribution in [0.4, 0.5) is 0 Å². The van der Waals surface area contributed by atoms with Crippen molar-refractivity contribution >= 4 is 0 Å². The van der Waals surface area contributed by atoms with Gasteiger partial charge < -0.3 is 10.2 Å². The van der Waals surface area contributed by atoms with E-state index < -0.39 is 0 Å². The van der Waals surface area contributed by atoms with Crippen LogP contribution >= 0.6 is 0 Å². The molecule has 1 aliphatic heterocycles. The van der Waals surface area contributed by atoms with E-state index >= 15 is 0 Å². The topological polar surface area (TPSA) is 43.7 Å². The summed E-state index contributed by atoms with van der Waals surface area (Å²) in [7, 11) is 0. The summed E-state index contributed by atoms with van der Waals surface area (Å²) in [6.45, 7) is 7.38. The SMILES string of the molecule is C[C@]12C[C@H](N3CCCC3)[C@@H](O)C[C@@H]1CC[C@@H]1[C@@H]2CC[C@]2(C)[C@@H](O)CC[C@@H]12. The highest BCUT2D eigenvalue weighted by Gasteiger charge is 2.61. The Morgan fingerprint density at radius 3 is 2.35 bits per heavy atom. The minimum atomic E-state index is -0.107. The Hall–Kier alpha value is -0.120. The molecule has 1 saturated heterocycles. The molecule has 9 atom stereocenters. The zero-order chi connectivity index (χ0) is 18.1. The average molecular weight is 362 g/mol. The fraction of sp³-hybridized carbons (Fsp3) is 1.00. The van der Waals surface area contributed by atoms with Gasteiger partial charge in [0.2, 0.25) is 0 Å². The Morgan fingerprint density at radius 2 is 1.58 bits per heavy atom. The summed E-state index contributed by atoms with van der Waals surface area (Å²) in [6, 6.07) is 0.403. The summed E-state index contributed by atoms with van der Waals surface area (Å²) < 4.78 is 0. The quantitative estimate of drug-likeness (QED) is 0.746. The van der Waals surface area contributed by atoms with Gasteiger partial charge >= 0.3 is 0 Å².